The minimum atomic E-state index is 0.451. The summed E-state index contributed by atoms with van der Waals surface area (Å²) >= 11 is 0. The molecule has 44 heavy (non-hydrogen) atoms. The third kappa shape index (κ3) is 3.63. The van der Waals surface area contributed by atoms with Crippen LogP contribution in [0.2, 0.25) is 0 Å². The van der Waals surface area contributed by atoms with Crippen LogP contribution in [0.3, 0.4) is 0 Å². The van der Waals surface area contributed by atoms with Gasteiger partial charge in [0.05, 0.1) is 56.2 Å². The molecule has 0 fully saturated rings. The van der Waals surface area contributed by atoms with Gasteiger partial charge in [0, 0.05) is 21.5 Å². The maximum Gasteiger partial charge on any atom is 0.101 e. The van der Waals surface area contributed by atoms with Crippen molar-refractivity contribution < 1.29 is 0 Å². The van der Waals surface area contributed by atoms with Gasteiger partial charge in [-0.25, -0.2) is 0 Å². The van der Waals surface area contributed by atoms with Crippen molar-refractivity contribution in [2.75, 3.05) is 0 Å². The van der Waals surface area contributed by atoms with Crippen molar-refractivity contribution >= 4 is 43.6 Å². The number of nitrogens with zero attached hydrogens (tertiary/aromatic N) is 5. The van der Waals surface area contributed by atoms with E-state index in [2.05, 4.69) is 88.0 Å². The lowest BCUT2D eigenvalue weighted by molar-refractivity contribution is 1.16. The van der Waals surface area contributed by atoms with E-state index >= 15 is 0 Å². The fourth-order valence-electron chi connectivity index (χ4n) is 6.47. The van der Waals surface area contributed by atoms with Crippen molar-refractivity contribution in [2.45, 2.75) is 0 Å². The van der Waals surface area contributed by atoms with Gasteiger partial charge in [0.15, 0.2) is 0 Å². The quantitative estimate of drug-likeness (QED) is 0.216. The van der Waals surface area contributed by atoms with Crippen molar-refractivity contribution in [2.24, 2.45) is 0 Å². The Balaban J connectivity index is 1.38. The van der Waals surface area contributed by atoms with E-state index in [0.29, 0.717) is 16.7 Å². The van der Waals surface area contributed by atoms with Crippen LogP contribution in [0.25, 0.3) is 66.1 Å². The van der Waals surface area contributed by atoms with E-state index in [4.69, 9.17) is 0 Å². The van der Waals surface area contributed by atoms with Crippen LogP contribution in [-0.2, 0) is 0 Å². The number of rotatable bonds is 3. The fourth-order valence-corrected chi connectivity index (χ4v) is 6.47. The van der Waals surface area contributed by atoms with Crippen LogP contribution in [0.1, 0.15) is 16.7 Å². The third-order valence-electron chi connectivity index (χ3n) is 8.43. The SMILES string of the molecule is N#Cc1ccc(-n2c3ccccc3c3cc(-c4ccc5c6ccccc6n(-c6ccccc6C#N)c5c4)ccc32)c(C#N)c1. The molecule has 8 rings (SSSR count). The molecule has 0 unspecified atom stereocenters. The van der Waals surface area contributed by atoms with Crippen LogP contribution < -0.4 is 0 Å². The van der Waals surface area contributed by atoms with Gasteiger partial charge in [-0.3, -0.25) is 0 Å². The first-order valence-electron chi connectivity index (χ1n) is 14.2. The normalized spacial score (nSPS) is 11.1. The van der Waals surface area contributed by atoms with Crippen molar-refractivity contribution in [1.82, 2.24) is 9.13 Å². The molecule has 0 atom stereocenters. The van der Waals surface area contributed by atoms with Crippen LogP contribution in [-0.4, -0.2) is 9.13 Å². The molecule has 0 aliphatic heterocycles. The molecule has 0 saturated heterocycles. The zero-order chi connectivity index (χ0) is 29.8. The predicted molar refractivity (Wildman–Crippen MR) is 175 cm³/mol. The molecule has 0 spiro atoms. The van der Waals surface area contributed by atoms with E-state index in [1.165, 1.54) is 0 Å². The summed E-state index contributed by atoms with van der Waals surface area (Å²) < 4.78 is 4.29. The van der Waals surface area contributed by atoms with E-state index in [1.54, 1.807) is 12.1 Å². The molecule has 0 saturated carbocycles. The van der Waals surface area contributed by atoms with Gasteiger partial charge in [0.2, 0.25) is 0 Å². The van der Waals surface area contributed by atoms with Gasteiger partial charge in [0.1, 0.15) is 12.1 Å². The molecule has 0 aliphatic carbocycles. The Labute approximate surface area is 252 Å². The van der Waals surface area contributed by atoms with Crippen LogP contribution in [0, 0.1) is 34.0 Å². The summed E-state index contributed by atoms with van der Waals surface area (Å²) in [7, 11) is 0. The van der Waals surface area contributed by atoms with Crippen molar-refractivity contribution in [1.29, 1.82) is 15.8 Å². The second-order valence-electron chi connectivity index (χ2n) is 10.8. The first-order valence-corrected chi connectivity index (χ1v) is 14.2. The van der Waals surface area contributed by atoms with Crippen LogP contribution in [0.15, 0.2) is 127 Å². The molecule has 0 bridgehead atoms. The number of fused-ring (bicyclic) bond motifs is 6. The van der Waals surface area contributed by atoms with E-state index in [0.717, 1.165) is 66.1 Å². The van der Waals surface area contributed by atoms with Crippen molar-refractivity contribution in [3.63, 3.8) is 0 Å². The van der Waals surface area contributed by atoms with Gasteiger partial charge in [-0.2, -0.15) is 15.8 Å². The van der Waals surface area contributed by atoms with E-state index in [1.807, 2.05) is 54.6 Å². The van der Waals surface area contributed by atoms with Crippen LogP contribution in [0.5, 0.6) is 0 Å². The average molecular weight is 560 g/mol. The number of aromatic nitrogens is 2. The van der Waals surface area contributed by atoms with E-state index < -0.39 is 0 Å². The summed E-state index contributed by atoms with van der Waals surface area (Å²) in [6.45, 7) is 0. The maximum atomic E-state index is 9.96. The Kier molecular flexibility index (Phi) is 5.56. The zero-order valence-corrected chi connectivity index (χ0v) is 23.4. The Morgan fingerprint density at radius 1 is 0.386 bits per heavy atom. The lowest BCUT2D eigenvalue weighted by Crippen LogP contribution is -1.98. The Hall–Kier alpha value is -6.61. The summed E-state index contributed by atoms with van der Waals surface area (Å²) in [6.07, 6.45) is 0. The molecule has 2 aromatic heterocycles. The largest absolute Gasteiger partial charge is 0.308 e. The van der Waals surface area contributed by atoms with Gasteiger partial charge >= 0.3 is 0 Å². The van der Waals surface area contributed by atoms with Gasteiger partial charge in [-0.15, -0.1) is 0 Å². The molecular weight excluding hydrogens is 538 g/mol. The summed E-state index contributed by atoms with van der Waals surface area (Å²) in [4.78, 5) is 0. The molecule has 5 nitrogen and oxygen atoms in total. The molecule has 2 heterocycles. The minimum Gasteiger partial charge on any atom is -0.308 e. The number of nitriles is 3. The van der Waals surface area contributed by atoms with Gasteiger partial charge in [-0.1, -0.05) is 66.7 Å². The van der Waals surface area contributed by atoms with E-state index in [-0.39, 0.29) is 0 Å². The highest BCUT2D eigenvalue weighted by molar-refractivity contribution is 6.12. The predicted octanol–water partition coefficient (Wildman–Crippen LogP) is 9.16. The fraction of sp³-hybridized carbons (Fsp3) is 0. The molecule has 0 radical (unpaired) electrons. The second-order valence-corrected chi connectivity index (χ2v) is 10.8. The zero-order valence-electron chi connectivity index (χ0n) is 23.4. The molecular formula is C39H21N5. The molecule has 0 aliphatic rings. The summed E-state index contributed by atoms with van der Waals surface area (Å²) in [5, 5.41) is 33.7. The Bertz CT molecular complexity index is 2600. The number of hydrogen-bond acceptors (Lipinski definition) is 3. The Morgan fingerprint density at radius 2 is 0.955 bits per heavy atom. The summed E-state index contributed by atoms with van der Waals surface area (Å²) in [6, 6.07) is 49.2. The van der Waals surface area contributed by atoms with Crippen LogP contribution >= 0.6 is 0 Å². The monoisotopic (exact) mass is 559 g/mol. The molecule has 6 aromatic carbocycles. The smallest absolute Gasteiger partial charge is 0.101 e. The second kappa shape index (κ2) is 9.74. The molecule has 8 aromatic rings. The number of benzene rings is 6. The standard InChI is InChI=1S/C39H21N5/c40-22-25-13-17-35(29(19-25)24-42)43-37-12-6-3-9-31(37)33-20-26(15-18-38(33)43)27-14-16-32-30-8-2-5-11-36(30)44(39(32)21-27)34-10-4-1-7-28(34)23-41/h1-21H. The highest BCUT2D eigenvalue weighted by Gasteiger charge is 2.18. The highest BCUT2D eigenvalue weighted by Crippen LogP contribution is 2.38. The average Bonchev–Trinajstić information content (AvgIpc) is 3.60. The lowest BCUT2D eigenvalue weighted by atomic mass is 10.0. The molecule has 202 valence electrons. The first kappa shape index (κ1) is 25.1. The Morgan fingerprint density at radius 3 is 1.70 bits per heavy atom. The highest BCUT2D eigenvalue weighted by atomic mass is 15.0. The lowest BCUT2D eigenvalue weighted by Gasteiger charge is -2.11. The first-order chi connectivity index (χ1) is 21.7. The van der Waals surface area contributed by atoms with E-state index in [9.17, 15) is 15.8 Å². The molecule has 5 heteroatoms. The van der Waals surface area contributed by atoms with Crippen molar-refractivity contribution in [3.8, 4) is 40.7 Å². The number of hydrogen-bond donors (Lipinski definition) is 0. The van der Waals surface area contributed by atoms with Gasteiger partial charge in [-0.05, 0) is 71.8 Å². The summed E-state index contributed by atoms with van der Waals surface area (Å²) in [5.74, 6) is 0. The minimum absolute atomic E-state index is 0.451. The van der Waals surface area contributed by atoms with Gasteiger partial charge < -0.3 is 9.13 Å². The van der Waals surface area contributed by atoms with Crippen LogP contribution in [0.4, 0.5) is 0 Å². The van der Waals surface area contributed by atoms with Crippen molar-refractivity contribution in [3.05, 3.63) is 144 Å². The summed E-state index contributed by atoms with van der Waals surface area (Å²) in [5.41, 5.74) is 9.30. The maximum absolute atomic E-state index is 9.96. The number of para-hydroxylation sites is 3. The topological polar surface area (TPSA) is 81.2 Å². The third-order valence-corrected chi connectivity index (χ3v) is 8.43. The molecule has 0 amide bonds. The molecule has 0 N–H and O–H groups in total. The van der Waals surface area contributed by atoms with Gasteiger partial charge in [0.25, 0.3) is 0 Å².